The molecule has 240 valence electrons. The fourth-order valence-corrected chi connectivity index (χ4v) is 8.42. The number of thioether (sulfide) groups is 1. The summed E-state index contributed by atoms with van der Waals surface area (Å²) < 4.78 is 70.4. The molecule has 0 bridgehead atoms. The smallest absolute Gasteiger partial charge is 0.406 e. The third-order valence-corrected chi connectivity index (χ3v) is 10.6. The molecule has 2 aliphatic rings. The summed E-state index contributed by atoms with van der Waals surface area (Å²) in [6, 6.07) is 18.0. The van der Waals surface area contributed by atoms with Crippen molar-refractivity contribution in [2.24, 2.45) is 17.3 Å². The van der Waals surface area contributed by atoms with Crippen LogP contribution in [0.15, 0.2) is 81.8 Å². The van der Waals surface area contributed by atoms with Crippen LogP contribution in [0, 0.1) is 0 Å². The summed E-state index contributed by atoms with van der Waals surface area (Å²) in [6.07, 6.45) is -3.36. The summed E-state index contributed by atoms with van der Waals surface area (Å²) in [7, 11) is -2.16. The topological polar surface area (TPSA) is 109 Å². The maximum atomic E-state index is 13.5. The molecule has 9 nitrogen and oxygen atoms in total. The Bertz CT molecular complexity index is 1990. The Morgan fingerprint density at radius 2 is 1.83 bits per heavy atom. The zero-order valence-corrected chi connectivity index (χ0v) is 26.9. The van der Waals surface area contributed by atoms with E-state index < -0.39 is 21.9 Å². The molecule has 0 radical (unpaired) electrons. The molecule has 46 heavy (non-hydrogen) atoms. The van der Waals surface area contributed by atoms with Crippen LogP contribution in [0.5, 0.6) is 5.75 Å². The number of rotatable bonds is 6. The average molecular weight is 670 g/mol. The quantitative estimate of drug-likeness (QED) is 0.180. The molecule has 0 saturated carbocycles. The van der Waals surface area contributed by atoms with Crippen molar-refractivity contribution < 1.29 is 31.4 Å². The van der Waals surface area contributed by atoms with Crippen LogP contribution in [-0.2, 0) is 22.6 Å². The van der Waals surface area contributed by atoms with E-state index >= 15 is 0 Å². The first-order valence-corrected chi connectivity index (χ1v) is 16.9. The number of aryl methyl sites for hydroxylation is 1. The van der Waals surface area contributed by atoms with Crippen LogP contribution >= 0.6 is 11.8 Å². The van der Waals surface area contributed by atoms with E-state index in [0.29, 0.717) is 44.6 Å². The lowest BCUT2D eigenvalue weighted by atomic mass is 9.99. The molecule has 4 aromatic rings. The second kappa shape index (κ2) is 11.6. The zero-order chi connectivity index (χ0) is 33.0. The number of hydrogen-bond donors (Lipinski definition) is 1. The summed E-state index contributed by atoms with van der Waals surface area (Å²) >= 11 is 1.38. The van der Waals surface area contributed by atoms with Gasteiger partial charge < -0.3 is 9.84 Å². The normalized spacial score (nSPS) is 20.0. The Kier molecular flexibility index (Phi) is 8.02. The van der Waals surface area contributed by atoms with Crippen LogP contribution < -0.4 is 9.64 Å². The number of halogens is 3. The number of anilines is 1. The van der Waals surface area contributed by atoms with Crippen molar-refractivity contribution in [3.8, 4) is 28.3 Å². The molecule has 0 spiro atoms. The Hall–Kier alpha value is -4.14. The molecular formula is C32H30F3N5O4S2. The van der Waals surface area contributed by atoms with Crippen molar-refractivity contribution in [3.05, 3.63) is 83.4 Å². The number of fused-ring (bicyclic) bond motifs is 3. The van der Waals surface area contributed by atoms with Gasteiger partial charge in [0.2, 0.25) is 0 Å². The minimum atomic E-state index is -4.82. The fraction of sp³-hybridized carbons (Fsp3) is 0.281. The number of amidine groups is 1. The number of aromatic nitrogens is 2. The van der Waals surface area contributed by atoms with Crippen molar-refractivity contribution >= 4 is 38.7 Å². The number of alkyl halides is 3. The molecular weight excluding hydrogens is 640 g/mol. The average Bonchev–Trinajstić information content (AvgIpc) is 3.46. The van der Waals surface area contributed by atoms with E-state index in [1.54, 1.807) is 31.0 Å². The molecule has 1 fully saturated rings. The maximum Gasteiger partial charge on any atom is 0.573 e. The molecule has 0 amide bonds. The van der Waals surface area contributed by atoms with Crippen LogP contribution in [0.3, 0.4) is 0 Å². The Morgan fingerprint density at radius 1 is 1.11 bits per heavy atom. The predicted octanol–water partition coefficient (Wildman–Crippen LogP) is 6.72. The molecule has 0 aliphatic carbocycles. The number of para-hydroxylation sites is 1. The third-order valence-electron chi connectivity index (χ3n) is 7.73. The van der Waals surface area contributed by atoms with Crippen LogP contribution in [0.4, 0.5) is 18.9 Å². The van der Waals surface area contributed by atoms with Gasteiger partial charge in [-0.2, -0.15) is 10.2 Å². The van der Waals surface area contributed by atoms with Crippen LogP contribution in [-0.4, -0.2) is 52.5 Å². The molecule has 3 heterocycles. The minimum Gasteiger partial charge on any atom is -0.406 e. The summed E-state index contributed by atoms with van der Waals surface area (Å²) in [6.45, 7) is 5.89. The number of sulfone groups is 1. The van der Waals surface area contributed by atoms with Crippen LogP contribution in [0.1, 0.15) is 43.4 Å². The van der Waals surface area contributed by atoms with E-state index in [9.17, 15) is 26.7 Å². The standard InChI is InChI=1S/C32H30F3N5O4S2/c1-19(2)23-7-5-6-8-26(23)40-30(45-18-31(40,3)41)37-36-16-20-9-14-24-27(15-20)46(42,43)17-25-28(24)38-39(4)29(25)21-10-12-22(13-11-21)44-32(33,34)35/h5-16,19,41H,17-18H2,1-4H3/b36-16+,37-30-. The second-order valence-corrected chi connectivity index (χ2v) is 14.5. The van der Waals surface area contributed by atoms with Gasteiger partial charge in [-0.3, -0.25) is 9.58 Å². The molecule has 2 aliphatic heterocycles. The first kappa shape index (κ1) is 31.8. The van der Waals surface area contributed by atoms with E-state index in [1.165, 1.54) is 53.0 Å². The van der Waals surface area contributed by atoms with Gasteiger partial charge in [0, 0.05) is 35.2 Å². The van der Waals surface area contributed by atoms with Crippen molar-refractivity contribution in [1.82, 2.24) is 9.78 Å². The van der Waals surface area contributed by atoms with Gasteiger partial charge in [-0.1, -0.05) is 55.9 Å². The highest BCUT2D eigenvalue weighted by Crippen LogP contribution is 2.43. The predicted molar refractivity (Wildman–Crippen MR) is 173 cm³/mol. The first-order valence-electron chi connectivity index (χ1n) is 14.3. The molecule has 6 rings (SSSR count). The lowest BCUT2D eigenvalue weighted by molar-refractivity contribution is -0.274. The van der Waals surface area contributed by atoms with Gasteiger partial charge in [-0.05, 0) is 60.4 Å². The number of aliphatic hydroxyl groups is 1. The summed E-state index contributed by atoms with van der Waals surface area (Å²) in [5.74, 6) is -0.105. The molecule has 14 heteroatoms. The molecule has 1 saturated heterocycles. The monoisotopic (exact) mass is 669 g/mol. The Morgan fingerprint density at radius 3 is 2.52 bits per heavy atom. The molecule has 1 unspecified atom stereocenters. The van der Waals surface area contributed by atoms with Gasteiger partial charge in [-0.25, -0.2) is 8.42 Å². The summed E-state index contributed by atoms with van der Waals surface area (Å²) in [4.78, 5) is 1.87. The lowest BCUT2D eigenvalue weighted by Gasteiger charge is -2.32. The number of ether oxygens (including phenoxy) is 1. The fourth-order valence-electron chi connectivity index (χ4n) is 5.73. The van der Waals surface area contributed by atoms with Gasteiger partial charge >= 0.3 is 6.36 Å². The number of nitrogens with zero attached hydrogens (tertiary/aromatic N) is 5. The van der Waals surface area contributed by atoms with Gasteiger partial charge in [-0.15, -0.1) is 18.3 Å². The Balaban J connectivity index is 1.31. The van der Waals surface area contributed by atoms with E-state index in [0.717, 1.165) is 11.3 Å². The van der Waals surface area contributed by atoms with Crippen molar-refractivity contribution in [3.63, 3.8) is 0 Å². The largest absolute Gasteiger partial charge is 0.573 e. The SMILES string of the molecule is CC(C)c1ccccc1N1/C(=N/N=C/c2ccc3c(c2)S(=O)(=O)Cc2c-3nn(C)c2-c2ccc(OC(F)(F)F)cc2)SCC1(C)O. The molecule has 1 N–H and O–H groups in total. The second-order valence-electron chi connectivity index (χ2n) is 11.6. The van der Waals surface area contributed by atoms with Crippen molar-refractivity contribution in [2.75, 3.05) is 10.7 Å². The maximum absolute atomic E-state index is 13.5. The van der Waals surface area contributed by atoms with Gasteiger partial charge in [0.25, 0.3) is 0 Å². The van der Waals surface area contributed by atoms with Crippen LogP contribution in [0.25, 0.3) is 22.5 Å². The minimum absolute atomic E-state index is 0.0980. The summed E-state index contributed by atoms with van der Waals surface area (Å²) in [5.41, 5.74) is 3.58. The zero-order valence-electron chi connectivity index (χ0n) is 25.3. The van der Waals surface area contributed by atoms with Gasteiger partial charge in [0.1, 0.15) is 5.75 Å². The molecule has 1 aromatic heterocycles. The highest BCUT2D eigenvalue weighted by atomic mass is 32.2. The van der Waals surface area contributed by atoms with Crippen molar-refractivity contribution in [2.45, 2.75) is 49.4 Å². The highest BCUT2D eigenvalue weighted by molar-refractivity contribution is 8.14. The first-order chi connectivity index (χ1) is 21.6. The number of hydrogen-bond acceptors (Lipinski definition) is 8. The summed E-state index contributed by atoms with van der Waals surface area (Å²) in [5, 5.41) is 24.9. The Labute approximate surface area is 268 Å². The van der Waals surface area contributed by atoms with E-state index in [1.807, 2.05) is 24.3 Å². The lowest BCUT2D eigenvalue weighted by Crippen LogP contribution is -2.45. The molecule has 3 aromatic carbocycles. The van der Waals surface area contributed by atoms with Crippen LogP contribution in [0.2, 0.25) is 0 Å². The third kappa shape index (κ3) is 6.04. The van der Waals surface area contributed by atoms with E-state index in [4.69, 9.17) is 0 Å². The number of benzene rings is 3. The van der Waals surface area contributed by atoms with Gasteiger partial charge in [0.15, 0.2) is 20.7 Å². The van der Waals surface area contributed by atoms with E-state index in [-0.39, 0.29) is 22.3 Å². The molecule has 1 atom stereocenters. The van der Waals surface area contributed by atoms with E-state index in [2.05, 4.69) is 33.9 Å². The highest BCUT2D eigenvalue weighted by Gasteiger charge is 2.41. The van der Waals surface area contributed by atoms with Gasteiger partial charge in [0.05, 0.1) is 28.3 Å². The van der Waals surface area contributed by atoms with Crippen molar-refractivity contribution in [1.29, 1.82) is 0 Å².